The lowest BCUT2D eigenvalue weighted by molar-refractivity contribution is -0.209. The van der Waals surface area contributed by atoms with Crippen molar-refractivity contribution in [2.75, 3.05) is 37.9 Å². The number of hydrogen-bond donors (Lipinski definition) is 6. The van der Waals surface area contributed by atoms with Crippen LogP contribution < -0.4 is 15.4 Å². The fourth-order valence-corrected chi connectivity index (χ4v) is 14.4. The van der Waals surface area contributed by atoms with E-state index in [-0.39, 0.29) is 73.0 Å². The van der Waals surface area contributed by atoms with Gasteiger partial charge in [0.1, 0.15) is 42.8 Å². The molecule has 2 aromatic heterocycles. The monoisotopic (exact) mass is 1090 g/mol. The molecule has 0 spiro atoms. The Labute approximate surface area is 459 Å². The van der Waals surface area contributed by atoms with E-state index >= 15 is 0 Å². The number of carbonyl (C=O) groups excluding carboxylic acids is 7. The van der Waals surface area contributed by atoms with Crippen molar-refractivity contribution in [3.05, 3.63) is 85.0 Å². The quantitative estimate of drug-likeness (QED) is 0.0905. The van der Waals surface area contributed by atoms with Crippen LogP contribution >= 0.6 is 0 Å². The molecule has 21 nitrogen and oxygen atoms in total. The summed E-state index contributed by atoms with van der Waals surface area (Å²) < 4.78 is 22.5. The van der Waals surface area contributed by atoms with Gasteiger partial charge in [-0.05, 0) is 146 Å². The van der Waals surface area contributed by atoms with E-state index in [1.165, 1.54) is 38.0 Å². The van der Waals surface area contributed by atoms with Gasteiger partial charge in [-0.25, -0.2) is 19.6 Å². The number of nitrogens with one attached hydrogen (secondary N) is 4. The van der Waals surface area contributed by atoms with E-state index in [1.807, 2.05) is 0 Å². The molecule has 4 aromatic rings. The van der Waals surface area contributed by atoms with Gasteiger partial charge in [0.15, 0.2) is 0 Å². The number of methoxy groups -OCH3 is 2. The first-order valence-electron chi connectivity index (χ1n) is 27.6. The zero-order valence-electron chi connectivity index (χ0n) is 45.6. The second-order valence-corrected chi connectivity index (χ2v) is 22.9. The number of aliphatic hydroxyl groups is 2. The zero-order chi connectivity index (χ0) is 56.2. The average Bonchev–Trinajstić information content (AvgIpc) is 3.24. The van der Waals surface area contributed by atoms with Crippen LogP contribution in [0.15, 0.2) is 73.6 Å². The number of nitrogens with zero attached hydrogens (tertiary/aromatic N) is 4. The topological polar surface area (TPSA) is 285 Å². The summed E-state index contributed by atoms with van der Waals surface area (Å²) in [5.41, 5.74) is 1.04. The number of carbonyl (C=O) groups is 7. The van der Waals surface area contributed by atoms with Crippen LogP contribution in [-0.4, -0.2) is 139 Å². The number of H-pyrrole nitrogens is 2. The van der Waals surface area contributed by atoms with Gasteiger partial charge in [-0.15, -0.1) is 0 Å². The summed E-state index contributed by atoms with van der Waals surface area (Å²) in [4.78, 5) is 113. The Balaban J connectivity index is 0.984. The predicted octanol–water partition coefficient (Wildman–Crippen LogP) is 5.75. The second kappa shape index (κ2) is 24.1. The van der Waals surface area contributed by atoms with Crippen LogP contribution in [0, 0.1) is 46.3 Å². The van der Waals surface area contributed by atoms with Crippen LogP contribution in [0.2, 0.25) is 0 Å². The third-order valence-corrected chi connectivity index (χ3v) is 18.6. The van der Waals surface area contributed by atoms with Crippen molar-refractivity contribution in [3.63, 3.8) is 0 Å². The molecule has 424 valence electrons. The van der Waals surface area contributed by atoms with Crippen molar-refractivity contribution >= 4 is 52.9 Å². The molecule has 4 aliphatic carbocycles. The minimum absolute atomic E-state index is 0.00321. The van der Waals surface area contributed by atoms with Gasteiger partial charge < -0.3 is 59.6 Å². The van der Waals surface area contributed by atoms with Gasteiger partial charge in [-0.1, -0.05) is 20.8 Å². The number of rotatable bonds is 8. The average molecular weight is 1090 g/mol. The van der Waals surface area contributed by atoms with E-state index in [0.29, 0.717) is 72.8 Å². The second-order valence-electron chi connectivity index (χ2n) is 22.9. The Morgan fingerprint density at radius 1 is 0.696 bits per heavy atom. The van der Waals surface area contributed by atoms with E-state index in [0.717, 1.165) is 17.7 Å². The van der Waals surface area contributed by atoms with E-state index in [4.69, 9.17) is 18.9 Å². The van der Waals surface area contributed by atoms with Gasteiger partial charge in [-0.3, -0.25) is 24.0 Å². The molecule has 13 atom stereocenters. The van der Waals surface area contributed by atoms with Crippen molar-refractivity contribution in [1.29, 1.82) is 0 Å². The molecule has 12 aliphatic rings. The lowest BCUT2D eigenvalue weighted by atomic mass is 9.43. The first-order chi connectivity index (χ1) is 37.9. The molecule has 0 radical (unpaired) electrons. The van der Waals surface area contributed by atoms with Crippen LogP contribution in [0.25, 0.3) is 0 Å². The Morgan fingerprint density at radius 2 is 1.23 bits per heavy atom. The van der Waals surface area contributed by atoms with Crippen molar-refractivity contribution in [3.8, 4) is 11.5 Å². The van der Waals surface area contributed by atoms with Crippen molar-refractivity contribution in [2.24, 2.45) is 46.3 Å². The molecule has 2 aromatic carbocycles. The maximum Gasteiger partial charge on any atom is 0.329 e. The number of aromatic amines is 2. The highest BCUT2D eigenvalue weighted by Crippen LogP contribution is 2.68. The van der Waals surface area contributed by atoms with Crippen molar-refractivity contribution in [1.82, 2.24) is 29.7 Å². The molecule has 12 bridgehead atoms. The number of amides is 4. The molecular weight excluding hydrogens is 1020 g/mol. The van der Waals surface area contributed by atoms with E-state index in [2.05, 4.69) is 51.3 Å². The first-order valence-corrected chi connectivity index (χ1v) is 27.6. The molecule has 16 rings (SSSR count). The van der Waals surface area contributed by atoms with E-state index in [9.17, 15) is 43.8 Å². The van der Waals surface area contributed by atoms with Gasteiger partial charge in [0.05, 0.1) is 45.5 Å². The Kier molecular flexibility index (Phi) is 17.2. The van der Waals surface area contributed by atoms with Crippen molar-refractivity contribution < 1.29 is 62.7 Å². The fraction of sp³-hybridized carbons (Fsp3) is 0.569. The summed E-state index contributed by atoms with van der Waals surface area (Å²) in [5, 5.41) is 30.3. The summed E-state index contributed by atoms with van der Waals surface area (Å²) in [6.45, 7) is 5.50. The molecular formula is C58H74N8O13. The van der Waals surface area contributed by atoms with Gasteiger partial charge in [0.25, 0.3) is 0 Å². The molecule has 4 fully saturated rings. The molecule has 4 saturated carbocycles. The Hall–Kier alpha value is -7.13. The number of esters is 3. The number of imidazole rings is 2. The summed E-state index contributed by atoms with van der Waals surface area (Å²) in [7, 11) is 2.42. The first kappa shape index (κ1) is 56.6. The minimum Gasteiger partial charge on any atom is -0.467 e. The molecule has 8 aliphatic heterocycles. The molecule has 4 amide bonds. The maximum absolute atomic E-state index is 14.6. The van der Waals surface area contributed by atoms with Crippen LogP contribution in [0.1, 0.15) is 103 Å². The number of hydrogen-bond acceptors (Lipinski definition) is 15. The van der Waals surface area contributed by atoms with Crippen molar-refractivity contribution in [2.45, 2.75) is 135 Å². The number of benzene rings is 2. The van der Waals surface area contributed by atoms with Crippen LogP contribution in [-0.2, 0) is 60.6 Å². The normalized spacial score (nSPS) is 30.9. The number of anilines is 2. The van der Waals surface area contributed by atoms with Crippen LogP contribution in [0.3, 0.4) is 0 Å². The number of aliphatic hydroxyl groups excluding tert-OH is 2. The summed E-state index contributed by atoms with van der Waals surface area (Å²) in [5.74, 6) is -3.54. The molecule has 0 saturated heterocycles. The third-order valence-electron chi connectivity index (χ3n) is 18.6. The Morgan fingerprint density at radius 3 is 1.75 bits per heavy atom. The molecule has 6 N–H and O–H groups in total. The van der Waals surface area contributed by atoms with E-state index in [1.54, 1.807) is 54.7 Å². The lowest BCUT2D eigenvalue weighted by Crippen LogP contribution is -2.62. The smallest absolute Gasteiger partial charge is 0.329 e. The molecule has 10 heterocycles. The number of ether oxygens (including phenoxy) is 4. The molecule has 21 heteroatoms. The standard InChI is InChI=1S/C58H74N8O13/c1-33-6-17-51(71)65(45(55(74)76-4)24-37-27-59-31-61-37)29-49(69)63-35-7-11-39(12-8-35)78-40-13-9-36(10-14-40)64-50(70)30-66(46(56(75)77-5)25-38-28-60-32-62-38)52(72)18-19-53(73)79-41-20-21-57(2)34(22-41)23-47(67)54-43-16-15-42(33)58(43,3)48(68)26-44(54)57/h7-14,27-28,31-34,41-48,54,67-68H,6,15-26,29-30H2,1-5H3,(H,59,61)(H,60,62)(H,63,69)(H,64,70)/t33-,34+,41-,42-,43+,44+,45+,46+,47-,48+,54+,57+,58-/m1/s1. The Bertz CT molecular complexity index is 2810. The van der Waals surface area contributed by atoms with Gasteiger partial charge in [0, 0.05) is 60.8 Å². The number of aromatic nitrogens is 4. The molecule has 0 unspecified atom stereocenters. The van der Waals surface area contributed by atoms with Gasteiger partial charge in [-0.2, -0.15) is 0 Å². The highest BCUT2D eigenvalue weighted by molar-refractivity contribution is 5.97. The third kappa shape index (κ3) is 12.2. The SMILES string of the molecule is COC(=O)[C@H](Cc1cnc[nH]1)N1CC(=O)Nc2ccc(cc2)Oc2ccc(cc2)NC(=O)CN([C@@H](Cc2cnc[nH]2)C(=O)OC)C(=O)CC[C@@H](C)[C@H]2CC[C@H]3[C@@H]4[C@H](O)C[C@@H]5C[C@@H](CC[C@]5(C)[C@H]4C[C@H](O)[C@]23C)OC(=O)CCC1=O. The minimum atomic E-state index is -1.25. The summed E-state index contributed by atoms with van der Waals surface area (Å²) >= 11 is 0. The summed E-state index contributed by atoms with van der Waals surface area (Å²) in [6.07, 6.45) is 8.32. The lowest BCUT2D eigenvalue weighted by Gasteiger charge is -2.63. The largest absolute Gasteiger partial charge is 0.467 e. The predicted molar refractivity (Wildman–Crippen MR) is 285 cm³/mol. The van der Waals surface area contributed by atoms with Gasteiger partial charge in [0.2, 0.25) is 23.6 Å². The van der Waals surface area contributed by atoms with Crippen LogP contribution in [0.4, 0.5) is 11.4 Å². The fourth-order valence-electron chi connectivity index (χ4n) is 14.4. The molecule has 79 heavy (non-hydrogen) atoms. The highest BCUT2D eigenvalue weighted by Gasteiger charge is 2.66. The van der Waals surface area contributed by atoms with E-state index < -0.39 is 90.4 Å². The van der Waals surface area contributed by atoms with Gasteiger partial charge >= 0.3 is 17.9 Å². The highest BCUT2D eigenvalue weighted by atomic mass is 16.5. The zero-order valence-corrected chi connectivity index (χ0v) is 45.6. The maximum atomic E-state index is 14.6. The van der Waals surface area contributed by atoms with Crippen LogP contribution in [0.5, 0.6) is 11.5 Å². The summed E-state index contributed by atoms with van der Waals surface area (Å²) in [6, 6.07) is 10.6.